The van der Waals surface area contributed by atoms with E-state index in [1.54, 1.807) is 7.11 Å². The molecule has 0 N–H and O–H groups in total. The summed E-state index contributed by atoms with van der Waals surface area (Å²) < 4.78 is 56.3. The number of rotatable bonds is 12. The average Bonchev–Trinajstić information content (AvgIpc) is 3.93. The second-order valence-electron chi connectivity index (χ2n) is 12.6. The molecule has 1 unspecified atom stereocenters. The molecule has 252 valence electrons. The van der Waals surface area contributed by atoms with Crippen LogP contribution in [0.4, 0.5) is 13.2 Å². The summed E-state index contributed by atoms with van der Waals surface area (Å²) in [4.78, 5) is 28.9. The van der Waals surface area contributed by atoms with Gasteiger partial charge in [0.2, 0.25) is 17.7 Å². The Morgan fingerprint density at radius 2 is 1.57 bits per heavy atom. The number of methoxy groups -OCH3 is 2. The molecule has 3 aromatic rings. The summed E-state index contributed by atoms with van der Waals surface area (Å²) in [5.74, 6) is 0.765. The van der Waals surface area contributed by atoms with E-state index in [0.717, 1.165) is 12.8 Å². The first-order valence-electron chi connectivity index (χ1n) is 16.2. The molecule has 2 atom stereocenters. The predicted molar refractivity (Wildman–Crippen MR) is 169 cm³/mol. The van der Waals surface area contributed by atoms with Crippen LogP contribution in [0.2, 0.25) is 0 Å². The second kappa shape index (κ2) is 14.6. The van der Waals surface area contributed by atoms with Crippen molar-refractivity contribution in [2.75, 3.05) is 60.2 Å². The molecule has 0 radical (unpaired) electrons. The van der Waals surface area contributed by atoms with Gasteiger partial charge in [0.05, 0.1) is 25.7 Å². The smallest absolute Gasteiger partial charge is 0.422 e. The maximum atomic E-state index is 13.4. The number of halogens is 3. The first-order chi connectivity index (χ1) is 22.7. The minimum Gasteiger partial charge on any atom is -0.481 e. The highest BCUT2D eigenvalue weighted by Crippen LogP contribution is 2.42. The van der Waals surface area contributed by atoms with E-state index in [-0.39, 0.29) is 48.1 Å². The number of piperazine rings is 2. The number of carbonyl (C=O) groups is 1. The third-order valence-corrected chi connectivity index (χ3v) is 9.28. The molecule has 1 amide bonds. The lowest BCUT2D eigenvalue weighted by Gasteiger charge is -2.53. The van der Waals surface area contributed by atoms with Gasteiger partial charge in [0.25, 0.3) is 0 Å². The van der Waals surface area contributed by atoms with E-state index in [2.05, 4.69) is 44.0 Å². The monoisotopic (exact) mass is 653 g/mol. The van der Waals surface area contributed by atoms with Gasteiger partial charge in [-0.05, 0) is 24.0 Å². The van der Waals surface area contributed by atoms with E-state index < -0.39 is 12.8 Å². The van der Waals surface area contributed by atoms with E-state index >= 15 is 0 Å². The second-order valence-corrected chi connectivity index (χ2v) is 12.6. The molecule has 2 saturated heterocycles. The molecule has 0 spiro atoms. The first kappa shape index (κ1) is 33.2. The van der Waals surface area contributed by atoms with Crippen molar-refractivity contribution in [1.29, 1.82) is 0 Å². The summed E-state index contributed by atoms with van der Waals surface area (Å²) >= 11 is 0. The van der Waals surface area contributed by atoms with Gasteiger partial charge in [-0.15, -0.1) is 0 Å². The third kappa shape index (κ3) is 8.05. The van der Waals surface area contributed by atoms with Crippen molar-refractivity contribution < 1.29 is 32.2 Å². The van der Waals surface area contributed by atoms with Crippen molar-refractivity contribution in [2.24, 2.45) is 0 Å². The number of hydrogen-bond acceptors (Lipinski definition) is 8. The maximum absolute atomic E-state index is 13.4. The fourth-order valence-electron chi connectivity index (χ4n) is 6.95. The predicted octanol–water partition coefficient (Wildman–Crippen LogP) is 4.87. The molecule has 1 saturated carbocycles. The molecule has 12 heteroatoms. The van der Waals surface area contributed by atoms with Crippen LogP contribution in [-0.2, 0) is 16.1 Å². The summed E-state index contributed by atoms with van der Waals surface area (Å²) in [5.41, 5.74) is 2.74. The molecule has 2 aliphatic heterocycles. The Hall–Kier alpha value is -3.74. The number of benzene rings is 2. The van der Waals surface area contributed by atoms with Gasteiger partial charge >= 0.3 is 6.18 Å². The van der Waals surface area contributed by atoms with E-state index in [9.17, 15) is 18.0 Å². The Morgan fingerprint density at radius 1 is 0.915 bits per heavy atom. The zero-order chi connectivity index (χ0) is 33.0. The fraction of sp³-hybridized carbons (Fsp3) is 0.514. The lowest BCUT2D eigenvalue weighted by atomic mass is 9.81. The van der Waals surface area contributed by atoms with Crippen molar-refractivity contribution in [1.82, 2.24) is 24.7 Å². The topological polar surface area (TPSA) is 80.3 Å². The fourth-order valence-corrected chi connectivity index (χ4v) is 6.95. The zero-order valence-electron chi connectivity index (χ0n) is 26.9. The molecule has 3 fully saturated rings. The minimum atomic E-state index is -4.52. The molecular formula is C35H42F3N5O4. The highest BCUT2D eigenvalue weighted by molar-refractivity contribution is 5.76. The number of fused-ring (bicyclic) bond motifs is 1. The lowest BCUT2D eigenvalue weighted by molar-refractivity contribution is -0.154. The quantitative estimate of drug-likeness (QED) is 0.274. The summed E-state index contributed by atoms with van der Waals surface area (Å²) in [6.07, 6.45) is -2.45. The molecular weight excluding hydrogens is 611 g/mol. The van der Waals surface area contributed by atoms with Crippen molar-refractivity contribution in [2.45, 2.75) is 55.9 Å². The Bertz CT molecular complexity index is 1450. The van der Waals surface area contributed by atoms with Crippen LogP contribution in [0.3, 0.4) is 0 Å². The molecule has 1 aromatic heterocycles. The van der Waals surface area contributed by atoms with Crippen molar-refractivity contribution in [3.63, 3.8) is 0 Å². The lowest BCUT2D eigenvalue weighted by Crippen LogP contribution is -2.67. The van der Waals surface area contributed by atoms with Gasteiger partial charge in [0.1, 0.15) is 5.82 Å². The van der Waals surface area contributed by atoms with Crippen LogP contribution in [0.5, 0.6) is 11.8 Å². The highest BCUT2D eigenvalue weighted by Gasteiger charge is 2.43. The van der Waals surface area contributed by atoms with Crippen LogP contribution in [0, 0.1) is 0 Å². The molecule has 2 aromatic carbocycles. The summed E-state index contributed by atoms with van der Waals surface area (Å²) in [5, 5.41) is 0. The van der Waals surface area contributed by atoms with Crippen LogP contribution in [0.15, 0.2) is 60.7 Å². The van der Waals surface area contributed by atoms with Crippen LogP contribution in [-0.4, -0.2) is 109 Å². The maximum Gasteiger partial charge on any atom is 0.422 e. The van der Waals surface area contributed by atoms with E-state index in [4.69, 9.17) is 14.2 Å². The summed E-state index contributed by atoms with van der Waals surface area (Å²) in [6.45, 7) is 2.22. The number of amides is 1. The van der Waals surface area contributed by atoms with E-state index in [0.29, 0.717) is 57.1 Å². The first-order valence-corrected chi connectivity index (χ1v) is 16.2. The minimum absolute atomic E-state index is 0.00645. The number of carbonyl (C=O) groups excluding carboxylic acids is 1. The molecule has 0 bridgehead atoms. The van der Waals surface area contributed by atoms with Crippen molar-refractivity contribution in [3.8, 4) is 11.8 Å². The van der Waals surface area contributed by atoms with Gasteiger partial charge in [0.15, 0.2) is 6.61 Å². The molecule has 6 rings (SSSR count). The number of hydrogen-bond donors (Lipinski definition) is 0. The van der Waals surface area contributed by atoms with E-state index in [1.807, 2.05) is 41.3 Å². The van der Waals surface area contributed by atoms with Gasteiger partial charge in [-0.1, -0.05) is 60.7 Å². The molecule has 3 heterocycles. The Morgan fingerprint density at radius 3 is 2.17 bits per heavy atom. The molecule has 47 heavy (non-hydrogen) atoms. The molecule has 1 aliphatic carbocycles. The summed E-state index contributed by atoms with van der Waals surface area (Å²) in [6, 6.07) is 20.8. The Balaban J connectivity index is 1.36. The van der Waals surface area contributed by atoms with Gasteiger partial charge in [-0.2, -0.15) is 23.1 Å². The number of nitrogens with zero attached hydrogens (tertiary/aromatic N) is 5. The third-order valence-electron chi connectivity index (χ3n) is 9.28. The van der Waals surface area contributed by atoms with Crippen molar-refractivity contribution in [3.05, 3.63) is 83.2 Å². The Kier molecular flexibility index (Phi) is 10.3. The van der Waals surface area contributed by atoms with Crippen LogP contribution in [0.25, 0.3) is 0 Å². The number of ether oxygens (including phenoxy) is 3. The SMILES string of the molecule is COCCC(=O)N1CCN2C(C(c3ccccc3)c3ccccc3)CN(Cc3c(OC)nc(C4CC4)nc3OCC(F)(F)F)C[C@@H]2C1. The standard InChI is InChI=1S/C35H42F3N5O4/c1-45-18-15-30(44)42-16-17-43-27(20-42)19-41(22-29(43)31(24-9-5-3-6-10-24)25-11-7-4-8-12-25)21-28-33(46-2)39-32(26-13-14-26)40-34(28)47-23-35(36,37)38/h3-12,26-27,29,31H,13-23H2,1-2H3/t27-,29?/m1/s1. The van der Waals surface area contributed by atoms with E-state index in [1.165, 1.54) is 18.2 Å². The number of alkyl halides is 3. The molecule has 3 aliphatic rings. The van der Waals surface area contributed by atoms with Crippen molar-refractivity contribution >= 4 is 5.91 Å². The number of aromatic nitrogens is 2. The summed E-state index contributed by atoms with van der Waals surface area (Å²) in [7, 11) is 3.06. The zero-order valence-corrected chi connectivity index (χ0v) is 26.9. The van der Waals surface area contributed by atoms with Gasteiger partial charge < -0.3 is 19.1 Å². The largest absolute Gasteiger partial charge is 0.481 e. The van der Waals surface area contributed by atoms with Gasteiger partial charge in [-0.25, -0.2) is 0 Å². The highest BCUT2D eigenvalue weighted by atomic mass is 19.4. The van der Waals surface area contributed by atoms with Crippen LogP contribution in [0.1, 0.15) is 53.6 Å². The van der Waals surface area contributed by atoms with Crippen LogP contribution >= 0.6 is 0 Å². The van der Waals surface area contributed by atoms with Crippen LogP contribution < -0.4 is 9.47 Å². The normalized spacial score (nSPS) is 20.7. The molecule has 9 nitrogen and oxygen atoms in total. The Labute approximate surface area is 273 Å². The van der Waals surface area contributed by atoms with Gasteiger partial charge in [-0.3, -0.25) is 14.6 Å². The average molecular weight is 654 g/mol. The van der Waals surface area contributed by atoms with Gasteiger partial charge in [0, 0.05) is 70.3 Å².